The minimum Gasteiger partial charge on any atom is -0.448 e. The molecule has 0 saturated carbocycles. The molecule has 3 nitrogen and oxygen atoms in total. The zero-order valence-electron chi connectivity index (χ0n) is 17.8. The second-order valence-corrected chi connectivity index (χ2v) is 9.03. The molecule has 2 aromatic rings. The first kappa shape index (κ1) is 19.2. The summed E-state index contributed by atoms with van der Waals surface area (Å²) in [4.78, 5) is 15.2. The van der Waals surface area contributed by atoms with Crippen molar-refractivity contribution >= 4 is 6.09 Å². The minimum atomic E-state index is -0.154. The van der Waals surface area contributed by atoms with E-state index in [1.807, 2.05) is 4.90 Å². The third-order valence-corrected chi connectivity index (χ3v) is 6.69. The molecule has 5 rings (SSSR count). The van der Waals surface area contributed by atoms with Gasteiger partial charge in [-0.3, -0.25) is 4.90 Å². The number of fused-ring (bicyclic) bond motifs is 5. The molecule has 0 radical (unpaired) electrons. The van der Waals surface area contributed by atoms with Gasteiger partial charge in [0.25, 0.3) is 0 Å². The predicted molar refractivity (Wildman–Crippen MR) is 120 cm³/mol. The average molecular weight is 400 g/mol. The van der Waals surface area contributed by atoms with Gasteiger partial charge in [0.2, 0.25) is 0 Å². The Hall–Kier alpha value is -2.81. The molecule has 154 valence electrons. The molecule has 1 saturated heterocycles. The highest BCUT2D eigenvalue weighted by Crippen LogP contribution is 2.44. The number of benzene rings is 2. The molecule has 1 fully saturated rings. The Morgan fingerprint density at radius 1 is 1.03 bits per heavy atom. The highest BCUT2D eigenvalue weighted by molar-refractivity contribution is 5.79. The van der Waals surface area contributed by atoms with Crippen LogP contribution < -0.4 is 0 Å². The Kier molecular flexibility index (Phi) is 4.98. The fraction of sp³-hybridized carbons (Fsp3) is 0.370. The number of carbonyl (C=O) groups is 1. The van der Waals surface area contributed by atoms with Gasteiger partial charge < -0.3 is 4.74 Å². The highest BCUT2D eigenvalue weighted by atomic mass is 16.6. The molecule has 3 aliphatic rings. The predicted octanol–water partition coefficient (Wildman–Crippen LogP) is 6.45. The van der Waals surface area contributed by atoms with Gasteiger partial charge in [0, 0.05) is 12.0 Å². The van der Waals surface area contributed by atoms with Crippen molar-refractivity contribution in [2.75, 3.05) is 6.61 Å². The normalized spacial score (nSPS) is 22.1. The SMILES string of the molecule is CC(C)=CC1=CC2CCCC(C1)N2C(=O)OCC1c2ccccc2-c2ccccc21. The lowest BCUT2D eigenvalue weighted by molar-refractivity contribution is 0.0516. The Bertz CT molecular complexity index is 985. The number of hydrogen-bond acceptors (Lipinski definition) is 2. The van der Waals surface area contributed by atoms with Crippen molar-refractivity contribution in [3.8, 4) is 11.1 Å². The lowest BCUT2D eigenvalue weighted by atomic mass is 9.85. The van der Waals surface area contributed by atoms with E-state index in [0.717, 1.165) is 19.3 Å². The summed E-state index contributed by atoms with van der Waals surface area (Å²) in [7, 11) is 0. The maximum atomic E-state index is 13.2. The quantitative estimate of drug-likeness (QED) is 0.593. The van der Waals surface area contributed by atoms with Crippen molar-refractivity contribution in [1.82, 2.24) is 4.90 Å². The van der Waals surface area contributed by atoms with Gasteiger partial charge in [-0.05, 0) is 67.4 Å². The number of piperidine rings is 1. The van der Waals surface area contributed by atoms with E-state index >= 15 is 0 Å². The first-order chi connectivity index (χ1) is 14.6. The molecular formula is C27H29NO2. The Morgan fingerprint density at radius 3 is 2.33 bits per heavy atom. The molecule has 30 heavy (non-hydrogen) atoms. The molecule has 1 aliphatic carbocycles. The summed E-state index contributed by atoms with van der Waals surface area (Å²) in [6, 6.07) is 17.4. The van der Waals surface area contributed by atoms with Crippen LogP contribution in [0.25, 0.3) is 11.1 Å². The lowest BCUT2D eigenvalue weighted by Gasteiger charge is -2.44. The van der Waals surface area contributed by atoms with Crippen LogP contribution in [0, 0.1) is 0 Å². The number of hydrogen-bond donors (Lipinski definition) is 0. The average Bonchev–Trinajstić information content (AvgIpc) is 3.05. The summed E-state index contributed by atoms with van der Waals surface area (Å²) in [5, 5.41) is 0. The number of allylic oxidation sites excluding steroid dienone is 2. The highest BCUT2D eigenvalue weighted by Gasteiger charge is 2.38. The first-order valence-electron chi connectivity index (χ1n) is 11.1. The maximum absolute atomic E-state index is 13.2. The molecule has 1 amide bonds. The van der Waals surface area contributed by atoms with Crippen molar-refractivity contribution in [2.45, 2.75) is 57.5 Å². The summed E-state index contributed by atoms with van der Waals surface area (Å²) in [5.41, 5.74) is 7.73. The van der Waals surface area contributed by atoms with Crippen LogP contribution in [0.5, 0.6) is 0 Å². The van der Waals surface area contributed by atoms with Crippen LogP contribution in [0.3, 0.4) is 0 Å². The minimum absolute atomic E-state index is 0.114. The van der Waals surface area contributed by atoms with E-state index in [-0.39, 0.29) is 24.1 Å². The van der Waals surface area contributed by atoms with Gasteiger partial charge >= 0.3 is 6.09 Å². The van der Waals surface area contributed by atoms with Gasteiger partial charge in [-0.15, -0.1) is 0 Å². The smallest absolute Gasteiger partial charge is 0.410 e. The van der Waals surface area contributed by atoms with Gasteiger partial charge in [0.05, 0.1) is 6.04 Å². The molecule has 2 heterocycles. The zero-order valence-corrected chi connectivity index (χ0v) is 17.8. The third-order valence-electron chi connectivity index (χ3n) is 6.69. The summed E-state index contributed by atoms with van der Waals surface area (Å²) in [5.74, 6) is 0.114. The summed E-state index contributed by atoms with van der Waals surface area (Å²) in [6.07, 6.45) is 8.60. The molecule has 2 aliphatic heterocycles. The number of amides is 1. The number of ether oxygens (including phenoxy) is 1. The summed E-state index contributed by atoms with van der Waals surface area (Å²) in [6.45, 7) is 4.66. The molecule has 2 aromatic carbocycles. The monoisotopic (exact) mass is 399 g/mol. The largest absolute Gasteiger partial charge is 0.448 e. The van der Waals surface area contributed by atoms with Crippen molar-refractivity contribution in [3.05, 3.63) is 83.0 Å². The summed E-state index contributed by atoms with van der Waals surface area (Å²) >= 11 is 0. The second-order valence-electron chi connectivity index (χ2n) is 9.03. The molecule has 2 atom stereocenters. The van der Waals surface area contributed by atoms with E-state index in [9.17, 15) is 4.79 Å². The van der Waals surface area contributed by atoms with Crippen LogP contribution in [0.2, 0.25) is 0 Å². The Labute approximate surface area is 179 Å². The lowest BCUT2D eigenvalue weighted by Crippen LogP contribution is -2.52. The van der Waals surface area contributed by atoms with Crippen LogP contribution in [0.1, 0.15) is 56.6 Å². The van der Waals surface area contributed by atoms with E-state index in [4.69, 9.17) is 4.74 Å². The van der Waals surface area contributed by atoms with Crippen molar-refractivity contribution < 1.29 is 9.53 Å². The van der Waals surface area contributed by atoms with Crippen LogP contribution in [0.4, 0.5) is 4.79 Å². The van der Waals surface area contributed by atoms with Crippen molar-refractivity contribution in [3.63, 3.8) is 0 Å². The maximum Gasteiger partial charge on any atom is 0.410 e. The van der Waals surface area contributed by atoms with E-state index in [2.05, 4.69) is 74.5 Å². The molecule has 2 bridgehead atoms. The van der Waals surface area contributed by atoms with Crippen LogP contribution >= 0.6 is 0 Å². The fourth-order valence-corrected chi connectivity index (χ4v) is 5.49. The van der Waals surface area contributed by atoms with Gasteiger partial charge in [0.15, 0.2) is 0 Å². The molecule has 0 aromatic heterocycles. The summed E-state index contributed by atoms with van der Waals surface area (Å²) < 4.78 is 5.97. The van der Waals surface area contributed by atoms with Crippen molar-refractivity contribution in [1.29, 1.82) is 0 Å². The van der Waals surface area contributed by atoms with Gasteiger partial charge in [-0.25, -0.2) is 4.79 Å². The van der Waals surface area contributed by atoms with Crippen LogP contribution in [-0.4, -0.2) is 29.7 Å². The zero-order chi connectivity index (χ0) is 20.7. The number of nitrogens with zero attached hydrogens (tertiary/aromatic N) is 1. The fourth-order valence-electron chi connectivity index (χ4n) is 5.49. The molecule has 3 heteroatoms. The van der Waals surface area contributed by atoms with Gasteiger partial charge in [-0.2, -0.15) is 0 Å². The van der Waals surface area contributed by atoms with E-state index in [0.29, 0.717) is 6.61 Å². The first-order valence-corrected chi connectivity index (χ1v) is 11.1. The molecular weight excluding hydrogens is 370 g/mol. The van der Waals surface area contributed by atoms with Crippen LogP contribution in [-0.2, 0) is 4.74 Å². The van der Waals surface area contributed by atoms with E-state index in [1.165, 1.54) is 39.8 Å². The van der Waals surface area contributed by atoms with Crippen molar-refractivity contribution in [2.24, 2.45) is 0 Å². The number of rotatable bonds is 3. The van der Waals surface area contributed by atoms with E-state index < -0.39 is 0 Å². The topological polar surface area (TPSA) is 29.5 Å². The van der Waals surface area contributed by atoms with E-state index in [1.54, 1.807) is 0 Å². The molecule has 0 spiro atoms. The third kappa shape index (κ3) is 3.36. The number of carbonyl (C=O) groups excluding carboxylic acids is 1. The molecule has 0 N–H and O–H groups in total. The standard InChI is InChI=1S/C27H29NO2/c1-18(2)14-19-15-20-8-7-9-21(16-19)28(20)27(29)30-17-26-24-12-5-3-10-22(24)23-11-4-6-13-25(23)26/h3-6,10-15,20-21,26H,7-9,16-17H2,1-2H3. The van der Waals surface area contributed by atoms with Gasteiger partial charge in [-0.1, -0.05) is 66.3 Å². The Balaban J connectivity index is 1.35. The molecule has 2 unspecified atom stereocenters. The Morgan fingerprint density at radius 2 is 1.70 bits per heavy atom. The second kappa shape index (κ2) is 7.79. The van der Waals surface area contributed by atoms with Crippen LogP contribution in [0.15, 0.2) is 71.8 Å². The van der Waals surface area contributed by atoms with Gasteiger partial charge in [0.1, 0.15) is 6.61 Å².